The number of carbonyl (C=O) groups excluding carboxylic acids is 1. The zero-order chi connectivity index (χ0) is 32.1. The zero-order valence-electron chi connectivity index (χ0n) is 25.6. The molecule has 10 nitrogen and oxygen atoms in total. The van der Waals surface area contributed by atoms with E-state index in [0.29, 0.717) is 62.4 Å². The van der Waals surface area contributed by atoms with Crippen LogP contribution in [0.5, 0.6) is 6.01 Å². The molecule has 46 heavy (non-hydrogen) atoms. The smallest absolute Gasteiger partial charge is 0.319 e. The van der Waals surface area contributed by atoms with Crippen LogP contribution in [-0.2, 0) is 11.2 Å². The van der Waals surface area contributed by atoms with Gasteiger partial charge in [-0.2, -0.15) is 15.2 Å². The van der Waals surface area contributed by atoms with Crippen LogP contribution >= 0.6 is 0 Å². The molecule has 3 fully saturated rings. The molecule has 1 amide bonds. The number of hydrogen-bond donors (Lipinski definition) is 0. The first-order valence-corrected chi connectivity index (χ1v) is 15.7. The summed E-state index contributed by atoms with van der Waals surface area (Å²) in [6, 6.07) is 4.98. The van der Waals surface area contributed by atoms with Crippen molar-refractivity contribution in [1.82, 2.24) is 24.8 Å². The van der Waals surface area contributed by atoms with Crippen molar-refractivity contribution in [3.05, 3.63) is 53.7 Å². The van der Waals surface area contributed by atoms with E-state index < -0.39 is 11.6 Å². The van der Waals surface area contributed by atoms with Gasteiger partial charge in [-0.25, -0.2) is 13.8 Å². The molecule has 4 atom stereocenters. The van der Waals surface area contributed by atoms with E-state index in [1.54, 1.807) is 15.9 Å². The van der Waals surface area contributed by atoms with E-state index in [0.717, 1.165) is 24.9 Å². The number of anilines is 3. The number of nitrogens with zero attached hydrogens (tertiary/aromatic N) is 8. The highest BCUT2D eigenvalue weighted by molar-refractivity contribution is 5.93. The lowest BCUT2D eigenvalue weighted by molar-refractivity contribution is -0.129. The summed E-state index contributed by atoms with van der Waals surface area (Å²) in [6.45, 7) is 6.06. The fourth-order valence-electron chi connectivity index (χ4n) is 7.60. The Bertz CT molecular complexity index is 1820. The maximum atomic E-state index is 16.8. The van der Waals surface area contributed by atoms with Crippen LogP contribution in [0.4, 0.5) is 26.1 Å². The third-order valence-corrected chi connectivity index (χ3v) is 9.88. The molecule has 236 valence electrons. The number of aryl methyl sites for hydroxylation is 1. The molecule has 3 saturated heterocycles. The van der Waals surface area contributed by atoms with Crippen LogP contribution in [0.15, 0.2) is 31.0 Å². The van der Waals surface area contributed by atoms with Crippen molar-refractivity contribution in [3.8, 4) is 24.4 Å². The third kappa shape index (κ3) is 4.88. The number of aromatic nitrogens is 3. The third-order valence-electron chi connectivity index (χ3n) is 9.88. The number of piperazine rings is 1. The molecule has 0 spiro atoms. The molecule has 1 aromatic carbocycles. The minimum Gasteiger partial charge on any atom is -0.462 e. The summed E-state index contributed by atoms with van der Waals surface area (Å²) in [4.78, 5) is 34.2. The van der Waals surface area contributed by atoms with E-state index in [2.05, 4.69) is 33.4 Å². The molecule has 0 N–H and O–H groups in total. The Morgan fingerprint density at radius 3 is 2.80 bits per heavy atom. The number of likely N-dealkylation sites (tertiary alicyclic amines) is 1. The molecule has 6 heterocycles. The number of halogens is 2. The number of pyridine rings is 1. The Morgan fingerprint density at radius 1 is 1.22 bits per heavy atom. The molecule has 7 rings (SSSR count). The lowest BCUT2D eigenvalue weighted by Crippen LogP contribution is -2.56. The molecule has 4 aliphatic heterocycles. The van der Waals surface area contributed by atoms with E-state index in [4.69, 9.17) is 16.1 Å². The van der Waals surface area contributed by atoms with Gasteiger partial charge < -0.3 is 24.3 Å². The van der Waals surface area contributed by atoms with E-state index in [-0.39, 0.29) is 52.9 Å². The van der Waals surface area contributed by atoms with Gasteiger partial charge in [0.1, 0.15) is 23.8 Å². The summed E-state index contributed by atoms with van der Waals surface area (Å²) >= 11 is 0. The van der Waals surface area contributed by atoms with Gasteiger partial charge in [0.05, 0.1) is 40.7 Å². The minimum atomic E-state index is -0.692. The van der Waals surface area contributed by atoms with Crippen LogP contribution in [0.2, 0.25) is 0 Å². The van der Waals surface area contributed by atoms with E-state index in [9.17, 15) is 14.4 Å². The Kier molecular flexibility index (Phi) is 7.69. The number of ether oxygens (including phenoxy) is 1. The lowest BCUT2D eigenvalue weighted by Gasteiger charge is -2.41. The van der Waals surface area contributed by atoms with Crippen LogP contribution in [-0.4, -0.2) is 88.6 Å². The molecule has 2 aromatic heterocycles. The summed E-state index contributed by atoms with van der Waals surface area (Å²) < 4.78 is 37.7. The highest BCUT2D eigenvalue weighted by Crippen LogP contribution is 2.42. The molecule has 4 aliphatic rings. The Labute approximate surface area is 266 Å². The standard InChI is InChI=1S/C34H34F2N8O2/c1-4-24-26(35)11-10-20-8-6-13-43(31(20)24)33-29(36)30-25(16-38-33)32(40-34(39-30)46-19-22-9-7-12-41(22)3)42-17-23-14-21(15-37)27(18-42)44(23)28(45)5-2/h1,5,10-11,16,21-23,27H,2,6-9,12-14,17-19H2,3H3/t21?,22-,23+,27+/m0/s1. The Hall–Kier alpha value is -4.81. The lowest BCUT2D eigenvalue weighted by atomic mass is 9.97. The molecule has 0 saturated carbocycles. The number of benzene rings is 1. The summed E-state index contributed by atoms with van der Waals surface area (Å²) in [6.07, 6.45) is 12.5. The van der Waals surface area contributed by atoms with Crippen molar-refractivity contribution in [2.75, 3.05) is 49.6 Å². The summed E-state index contributed by atoms with van der Waals surface area (Å²) in [5.41, 5.74) is 1.35. The highest BCUT2D eigenvalue weighted by Gasteiger charge is 2.48. The average molecular weight is 625 g/mol. The molecule has 1 unspecified atom stereocenters. The molecule has 12 heteroatoms. The molecule has 0 aliphatic carbocycles. The minimum absolute atomic E-state index is 0.00677. The van der Waals surface area contributed by atoms with Crippen LogP contribution in [0.3, 0.4) is 0 Å². The fourth-order valence-corrected chi connectivity index (χ4v) is 7.60. The van der Waals surface area contributed by atoms with Crippen molar-refractivity contribution in [2.45, 2.75) is 50.2 Å². The number of nitriles is 1. The molecule has 3 aromatic rings. The topological polar surface area (TPSA) is 102 Å². The van der Waals surface area contributed by atoms with Crippen LogP contribution in [0.1, 0.15) is 36.8 Å². The van der Waals surface area contributed by atoms with Crippen molar-refractivity contribution in [3.63, 3.8) is 0 Å². The highest BCUT2D eigenvalue weighted by atomic mass is 19.1. The predicted molar refractivity (Wildman–Crippen MR) is 169 cm³/mol. The van der Waals surface area contributed by atoms with Crippen LogP contribution in [0.25, 0.3) is 10.9 Å². The number of hydrogen-bond acceptors (Lipinski definition) is 9. The van der Waals surface area contributed by atoms with E-state index in [1.165, 1.54) is 18.3 Å². The number of rotatable bonds is 6. The number of amides is 1. The van der Waals surface area contributed by atoms with Gasteiger partial charge in [-0.05, 0) is 63.4 Å². The number of likely N-dealkylation sites (N-methyl/N-ethyl adjacent to an activating group) is 1. The zero-order valence-corrected chi connectivity index (χ0v) is 25.6. The Balaban J connectivity index is 1.33. The first kappa shape index (κ1) is 29.9. The SMILES string of the molecule is C#Cc1c(F)ccc2c1N(c1ncc3c(N4C[C@H]5CC(C#N)[C@@H](C4)N5C(=O)C=C)nc(OC[C@@H]4CCCN4C)nc3c1F)CCC2. The number of terminal acetylenes is 1. The number of fused-ring (bicyclic) bond motifs is 4. The van der Waals surface area contributed by atoms with Gasteiger partial charge in [0.25, 0.3) is 0 Å². The fraction of sp³-hybridized carbons (Fsp3) is 0.441. The van der Waals surface area contributed by atoms with E-state index in [1.807, 2.05) is 11.9 Å². The van der Waals surface area contributed by atoms with Gasteiger partial charge in [-0.3, -0.25) is 4.79 Å². The van der Waals surface area contributed by atoms with Crippen molar-refractivity contribution >= 4 is 34.1 Å². The van der Waals surface area contributed by atoms with Crippen molar-refractivity contribution < 1.29 is 18.3 Å². The quantitative estimate of drug-likeness (QED) is 0.298. The maximum absolute atomic E-state index is 16.8. The van der Waals surface area contributed by atoms with Gasteiger partial charge in [0.2, 0.25) is 5.91 Å². The van der Waals surface area contributed by atoms with Gasteiger partial charge in [-0.15, -0.1) is 6.42 Å². The van der Waals surface area contributed by atoms with Gasteiger partial charge in [-0.1, -0.05) is 18.6 Å². The van der Waals surface area contributed by atoms with Gasteiger partial charge in [0, 0.05) is 31.9 Å². The van der Waals surface area contributed by atoms with Gasteiger partial charge >= 0.3 is 6.01 Å². The predicted octanol–water partition coefficient (Wildman–Crippen LogP) is 3.96. The maximum Gasteiger partial charge on any atom is 0.319 e. The normalized spacial score (nSPS) is 24.1. The summed E-state index contributed by atoms with van der Waals surface area (Å²) in [5.74, 6) is 1.05. The van der Waals surface area contributed by atoms with E-state index >= 15 is 4.39 Å². The number of carbonyl (C=O) groups is 1. The summed E-state index contributed by atoms with van der Waals surface area (Å²) in [7, 11) is 2.04. The van der Waals surface area contributed by atoms with Crippen LogP contribution < -0.4 is 14.5 Å². The molecular formula is C34H34F2N8O2. The first-order chi connectivity index (χ1) is 22.3. The molecule has 0 radical (unpaired) electrons. The van der Waals surface area contributed by atoms with Crippen LogP contribution in [0, 0.1) is 41.2 Å². The second-order valence-corrected chi connectivity index (χ2v) is 12.5. The largest absolute Gasteiger partial charge is 0.462 e. The van der Waals surface area contributed by atoms with Gasteiger partial charge in [0.15, 0.2) is 11.6 Å². The molecular weight excluding hydrogens is 590 g/mol. The monoisotopic (exact) mass is 624 g/mol. The van der Waals surface area contributed by atoms with Crippen molar-refractivity contribution in [2.24, 2.45) is 5.92 Å². The first-order valence-electron chi connectivity index (χ1n) is 15.7. The molecule has 2 bridgehead atoms. The van der Waals surface area contributed by atoms with Crippen molar-refractivity contribution in [1.29, 1.82) is 5.26 Å². The Morgan fingerprint density at radius 2 is 2.07 bits per heavy atom. The second kappa shape index (κ2) is 11.8. The average Bonchev–Trinajstić information content (AvgIpc) is 3.58. The second-order valence-electron chi connectivity index (χ2n) is 12.5. The summed E-state index contributed by atoms with van der Waals surface area (Å²) in [5, 5.41) is 10.3.